The summed E-state index contributed by atoms with van der Waals surface area (Å²) in [6, 6.07) is 10.3. The first-order chi connectivity index (χ1) is 20.3. The second-order valence-electron chi connectivity index (χ2n) is 9.23. The number of ether oxygens (including phenoxy) is 2. The Balaban J connectivity index is 1.67. The van der Waals surface area contributed by atoms with Gasteiger partial charge in [0.2, 0.25) is 5.91 Å². The Morgan fingerprint density at radius 1 is 1.19 bits per heavy atom. The SMILES string of the molecule is COCCC(C(=O)Nc1ccn2ncc(C(=O)NCCCO)c2c1)n1cc(OC)c(-c2cc(Cl)ccc2C#N)cc1=O. The number of nitrogens with one attached hydrogen (secondary N) is 2. The summed E-state index contributed by atoms with van der Waals surface area (Å²) >= 11 is 6.16. The van der Waals surface area contributed by atoms with Gasteiger partial charge < -0.3 is 25.2 Å². The zero-order valence-corrected chi connectivity index (χ0v) is 23.7. The Bertz CT molecular complexity index is 1710. The number of fused-ring (bicyclic) bond motifs is 1. The van der Waals surface area contributed by atoms with Gasteiger partial charge in [-0.3, -0.25) is 19.0 Å². The molecule has 0 saturated carbocycles. The van der Waals surface area contributed by atoms with Gasteiger partial charge in [0.1, 0.15) is 11.8 Å². The van der Waals surface area contributed by atoms with Gasteiger partial charge in [0.05, 0.1) is 42.2 Å². The summed E-state index contributed by atoms with van der Waals surface area (Å²) in [4.78, 5) is 39.6. The van der Waals surface area contributed by atoms with Gasteiger partial charge in [0, 0.05) is 67.4 Å². The first-order valence-corrected chi connectivity index (χ1v) is 13.4. The van der Waals surface area contributed by atoms with Crippen LogP contribution in [0.1, 0.15) is 34.8 Å². The summed E-state index contributed by atoms with van der Waals surface area (Å²) in [6.07, 6.45) is 5.02. The van der Waals surface area contributed by atoms with Crippen LogP contribution < -0.4 is 20.9 Å². The van der Waals surface area contributed by atoms with Crippen molar-refractivity contribution >= 4 is 34.6 Å². The van der Waals surface area contributed by atoms with Crippen LogP contribution in [0.4, 0.5) is 5.69 Å². The van der Waals surface area contributed by atoms with Crippen LogP contribution in [0.2, 0.25) is 5.02 Å². The molecular formula is C29H29ClN6O6. The highest BCUT2D eigenvalue weighted by Crippen LogP contribution is 2.33. The Morgan fingerprint density at radius 2 is 2.00 bits per heavy atom. The normalized spacial score (nSPS) is 11.6. The summed E-state index contributed by atoms with van der Waals surface area (Å²) in [5, 5.41) is 28.7. The number of nitrogens with zero attached hydrogens (tertiary/aromatic N) is 4. The van der Waals surface area contributed by atoms with E-state index in [-0.39, 0.29) is 31.3 Å². The first kappa shape index (κ1) is 30.3. The molecule has 0 bridgehead atoms. The topological polar surface area (TPSA) is 160 Å². The summed E-state index contributed by atoms with van der Waals surface area (Å²) in [6.45, 7) is 0.437. The van der Waals surface area contributed by atoms with E-state index in [0.29, 0.717) is 51.4 Å². The molecule has 0 aliphatic heterocycles. The van der Waals surface area contributed by atoms with Crippen LogP contribution >= 0.6 is 11.6 Å². The van der Waals surface area contributed by atoms with Crippen LogP contribution in [0.5, 0.6) is 5.75 Å². The Kier molecular flexibility index (Phi) is 9.93. The minimum absolute atomic E-state index is 0.0470. The number of methoxy groups -OCH3 is 2. The molecule has 12 nitrogen and oxygen atoms in total. The second-order valence-corrected chi connectivity index (χ2v) is 9.66. The molecule has 0 aliphatic rings. The number of carbonyl (C=O) groups excluding carboxylic acids is 2. The molecular weight excluding hydrogens is 564 g/mol. The number of carbonyl (C=O) groups is 2. The summed E-state index contributed by atoms with van der Waals surface area (Å²) in [5.41, 5.74) is 1.73. The van der Waals surface area contributed by atoms with E-state index >= 15 is 0 Å². The van der Waals surface area contributed by atoms with Gasteiger partial charge >= 0.3 is 0 Å². The highest BCUT2D eigenvalue weighted by atomic mass is 35.5. The van der Waals surface area contributed by atoms with Gasteiger partial charge in [-0.05, 0) is 36.8 Å². The van der Waals surface area contributed by atoms with Gasteiger partial charge in [-0.2, -0.15) is 10.4 Å². The maximum atomic E-state index is 13.6. The van der Waals surface area contributed by atoms with E-state index in [9.17, 15) is 19.6 Å². The molecule has 4 rings (SSSR count). The predicted molar refractivity (Wildman–Crippen MR) is 156 cm³/mol. The number of amides is 2. The van der Waals surface area contributed by atoms with E-state index in [1.54, 1.807) is 36.5 Å². The van der Waals surface area contributed by atoms with Crippen LogP contribution in [0.3, 0.4) is 0 Å². The van der Waals surface area contributed by atoms with E-state index in [4.69, 9.17) is 26.2 Å². The fraction of sp³-hybridized carbons (Fsp3) is 0.276. The largest absolute Gasteiger partial charge is 0.495 e. The first-order valence-electron chi connectivity index (χ1n) is 13.0. The van der Waals surface area contributed by atoms with E-state index in [1.165, 1.54) is 41.8 Å². The lowest BCUT2D eigenvalue weighted by molar-refractivity contribution is -0.119. The number of aliphatic hydroxyl groups is 1. The molecule has 0 fully saturated rings. The fourth-order valence-electron chi connectivity index (χ4n) is 4.44. The number of hydrogen-bond acceptors (Lipinski definition) is 8. The third-order valence-electron chi connectivity index (χ3n) is 6.54. The maximum absolute atomic E-state index is 13.6. The minimum atomic E-state index is -0.988. The molecule has 42 heavy (non-hydrogen) atoms. The van der Waals surface area contributed by atoms with E-state index in [0.717, 1.165) is 0 Å². The van der Waals surface area contributed by atoms with Gasteiger partial charge in [0.15, 0.2) is 0 Å². The van der Waals surface area contributed by atoms with E-state index in [1.807, 2.05) is 0 Å². The van der Waals surface area contributed by atoms with Crippen molar-refractivity contribution in [3.05, 3.63) is 81.5 Å². The van der Waals surface area contributed by atoms with Crippen LogP contribution in [0.25, 0.3) is 16.6 Å². The van der Waals surface area contributed by atoms with Gasteiger partial charge in [-0.1, -0.05) is 11.6 Å². The Hall–Kier alpha value is -4.70. The number of nitriles is 1. The Morgan fingerprint density at radius 3 is 2.71 bits per heavy atom. The predicted octanol–water partition coefficient (Wildman–Crippen LogP) is 3.03. The van der Waals surface area contributed by atoms with Crippen LogP contribution in [0.15, 0.2) is 59.8 Å². The van der Waals surface area contributed by atoms with Crippen molar-refractivity contribution < 1.29 is 24.2 Å². The van der Waals surface area contributed by atoms with Gasteiger partial charge in [0.25, 0.3) is 11.5 Å². The quantitative estimate of drug-likeness (QED) is 0.212. The smallest absolute Gasteiger partial charge is 0.255 e. The molecule has 0 saturated heterocycles. The van der Waals surface area contributed by atoms with Crippen molar-refractivity contribution in [1.29, 1.82) is 5.26 Å². The monoisotopic (exact) mass is 592 g/mol. The molecule has 1 unspecified atom stereocenters. The molecule has 0 radical (unpaired) electrons. The number of pyridine rings is 2. The molecule has 1 atom stereocenters. The molecule has 4 aromatic rings. The average Bonchev–Trinajstić information content (AvgIpc) is 3.41. The van der Waals surface area contributed by atoms with Gasteiger partial charge in [-0.15, -0.1) is 0 Å². The third-order valence-corrected chi connectivity index (χ3v) is 6.78. The van der Waals surface area contributed by atoms with E-state index < -0.39 is 17.5 Å². The van der Waals surface area contributed by atoms with E-state index in [2.05, 4.69) is 21.8 Å². The lowest BCUT2D eigenvalue weighted by Gasteiger charge is -2.21. The number of hydrogen-bond donors (Lipinski definition) is 3. The maximum Gasteiger partial charge on any atom is 0.255 e. The second kappa shape index (κ2) is 13.8. The molecule has 1 aromatic carbocycles. The average molecular weight is 593 g/mol. The molecule has 0 aliphatic carbocycles. The molecule has 218 valence electrons. The standard InChI is InChI=1S/C29H29ClN6O6/c1-41-11-7-24(35-17-26(42-2)22(14-27(35)38)21-12-19(30)5-4-18(21)15-31)29(40)34-20-6-9-36-25(13-20)23(16-33-36)28(39)32-8-3-10-37/h4-6,9,12-14,16-17,24,37H,3,7-8,10-11H2,1-2H3,(H,32,39)(H,34,40). The summed E-state index contributed by atoms with van der Waals surface area (Å²) in [5.74, 6) is -0.596. The van der Waals surface area contributed by atoms with Crippen LogP contribution in [0, 0.1) is 11.3 Å². The van der Waals surface area contributed by atoms with Crippen molar-refractivity contribution in [2.75, 3.05) is 39.3 Å². The van der Waals surface area contributed by atoms with Crippen molar-refractivity contribution in [3.8, 4) is 22.9 Å². The molecule has 0 spiro atoms. The number of halogens is 1. The van der Waals surface area contributed by atoms with Gasteiger partial charge in [-0.25, -0.2) is 4.52 Å². The molecule has 13 heteroatoms. The number of rotatable bonds is 12. The van der Waals surface area contributed by atoms with Crippen molar-refractivity contribution in [3.63, 3.8) is 0 Å². The molecule has 3 N–H and O–H groups in total. The lowest BCUT2D eigenvalue weighted by atomic mass is 10.00. The van der Waals surface area contributed by atoms with Crippen LogP contribution in [-0.4, -0.2) is 65.1 Å². The fourth-order valence-corrected chi connectivity index (χ4v) is 4.62. The molecule has 3 heterocycles. The van der Waals surface area contributed by atoms with Crippen LogP contribution in [-0.2, 0) is 9.53 Å². The summed E-state index contributed by atoms with van der Waals surface area (Å²) in [7, 11) is 2.91. The zero-order valence-electron chi connectivity index (χ0n) is 23.0. The molecule has 2 amide bonds. The zero-order chi connectivity index (χ0) is 30.2. The Labute approximate surface area is 246 Å². The highest BCUT2D eigenvalue weighted by molar-refractivity contribution is 6.31. The lowest BCUT2D eigenvalue weighted by Crippen LogP contribution is -2.34. The number of aliphatic hydroxyl groups excluding tert-OH is 1. The van der Waals surface area contributed by atoms with Crippen molar-refractivity contribution in [2.45, 2.75) is 18.9 Å². The number of benzene rings is 1. The number of anilines is 1. The molecule has 3 aromatic heterocycles. The minimum Gasteiger partial charge on any atom is -0.495 e. The van der Waals surface area contributed by atoms with Crippen molar-refractivity contribution in [1.82, 2.24) is 19.5 Å². The summed E-state index contributed by atoms with van der Waals surface area (Å²) < 4.78 is 13.5. The van der Waals surface area contributed by atoms with Crippen molar-refractivity contribution in [2.24, 2.45) is 0 Å². The third kappa shape index (κ3) is 6.60. The highest BCUT2D eigenvalue weighted by Gasteiger charge is 2.25. The number of aromatic nitrogens is 3.